The number of hydrogen-bond acceptors (Lipinski definition) is 9. The summed E-state index contributed by atoms with van der Waals surface area (Å²) in [6.45, 7) is -0.269. The average Bonchev–Trinajstić information content (AvgIpc) is 2.74. The van der Waals surface area contributed by atoms with Crippen LogP contribution in [-0.2, 0) is 4.74 Å². The Morgan fingerprint density at radius 3 is 2.45 bits per heavy atom. The maximum atomic E-state index is 10.2. The van der Waals surface area contributed by atoms with Crippen LogP contribution in [0.2, 0.25) is 0 Å². The molecule has 6 N–H and O–H groups in total. The molecule has 0 amide bonds. The normalized spacial score (nSPS) is 23.6. The second kappa shape index (κ2) is 8.08. The molecule has 2 heterocycles. The molecular formula is C21H21O10+. The van der Waals surface area contributed by atoms with E-state index < -0.39 is 24.6 Å². The van der Waals surface area contributed by atoms with Gasteiger partial charge in [-0.3, -0.25) is 0 Å². The number of methoxy groups -OCH3 is 1. The smallest absolute Gasteiger partial charge is 0.402 e. The molecule has 1 saturated heterocycles. The average molecular weight is 433 g/mol. The lowest BCUT2D eigenvalue weighted by atomic mass is 10.1. The molecule has 0 aliphatic carbocycles. The number of phenols is 3. The van der Waals surface area contributed by atoms with Crippen molar-refractivity contribution in [2.75, 3.05) is 13.7 Å². The van der Waals surface area contributed by atoms with Gasteiger partial charge in [-0.1, -0.05) is 0 Å². The van der Waals surface area contributed by atoms with Crippen molar-refractivity contribution in [3.8, 4) is 40.1 Å². The van der Waals surface area contributed by atoms with Gasteiger partial charge >= 0.3 is 11.3 Å². The molecule has 0 bridgehead atoms. The van der Waals surface area contributed by atoms with Crippen LogP contribution >= 0.6 is 0 Å². The number of aliphatic hydroxyl groups is 3. The first kappa shape index (κ1) is 20.9. The molecule has 164 valence electrons. The van der Waals surface area contributed by atoms with Crippen LogP contribution in [-0.4, -0.2) is 69.0 Å². The van der Waals surface area contributed by atoms with E-state index in [4.69, 9.17) is 18.6 Å². The van der Waals surface area contributed by atoms with Crippen LogP contribution in [0.5, 0.6) is 28.7 Å². The number of aliphatic hydroxyl groups excluding tert-OH is 3. The Balaban J connectivity index is 1.85. The highest BCUT2D eigenvalue weighted by Crippen LogP contribution is 2.42. The summed E-state index contributed by atoms with van der Waals surface area (Å²) in [7, 11) is 1.38. The number of rotatable bonds is 4. The standard InChI is InChI=1S/C21H20O10/c1-28-16-4-9(2-3-12(16)23)20-17(31-21-19(27)18(26)14(25)8-29-21)7-11-13(24)5-10(22)6-15(11)30-20/h2-7,14,18-19,21,25-27H,8H2,1H3,(H2-,22,23,24)/p+1/t14-,18+,19?,21-/m0/s1. The van der Waals surface area contributed by atoms with Gasteiger partial charge in [0.2, 0.25) is 12.0 Å². The van der Waals surface area contributed by atoms with E-state index in [1.54, 1.807) is 0 Å². The Labute approximate surface area is 175 Å². The Hall–Kier alpha value is -3.31. The molecule has 1 aliphatic rings. The Kier molecular flexibility index (Phi) is 5.46. The monoisotopic (exact) mass is 433 g/mol. The lowest BCUT2D eigenvalue weighted by Crippen LogP contribution is -2.54. The summed E-state index contributed by atoms with van der Waals surface area (Å²) < 4.78 is 22.1. The highest BCUT2D eigenvalue weighted by molar-refractivity contribution is 5.88. The Morgan fingerprint density at radius 2 is 1.71 bits per heavy atom. The molecule has 0 saturated carbocycles. The molecule has 4 atom stereocenters. The van der Waals surface area contributed by atoms with Crippen molar-refractivity contribution in [2.45, 2.75) is 24.6 Å². The highest BCUT2D eigenvalue weighted by Gasteiger charge is 2.40. The molecule has 0 radical (unpaired) electrons. The summed E-state index contributed by atoms with van der Waals surface area (Å²) in [6, 6.07) is 8.21. The quantitative estimate of drug-likeness (QED) is 0.331. The van der Waals surface area contributed by atoms with Crippen LogP contribution < -0.4 is 9.47 Å². The lowest BCUT2D eigenvalue weighted by molar-refractivity contribution is -0.242. The second-order valence-corrected chi connectivity index (χ2v) is 7.07. The Bertz CT molecular complexity index is 1120. The first-order chi connectivity index (χ1) is 14.8. The lowest BCUT2D eigenvalue weighted by Gasteiger charge is -2.34. The number of aromatic hydroxyl groups is 3. The van der Waals surface area contributed by atoms with E-state index in [0.717, 1.165) is 6.07 Å². The number of benzene rings is 2. The van der Waals surface area contributed by atoms with Crippen molar-refractivity contribution in [1.82, 2.24) is 0 Å². The zero-order chi connectivity index (χ0) is 22.3. The summed E-state index contributed by atoms with van der Waals surface area (Å²) in [6.07, 6.45) is -5.67. The topological polar surface area (TPSA) is 160 Å². The molecule has 1 aromatic heterocycles. The predicted molar refractivity (Wildman–Crippen MR) is 106 cm³/mol. The van der Waals surface area contributed by atoms with Crippen LogP contribution in [0.15, 0.2) is 40.8 Å². The maximum absolute atomic E-state index is 10.2. The van der Waals surface area contributed by atoms with Gasteiger partial charge in [0.1, 0.15) is 35.2 Å². The van der Waals surface area contributed by atoms with Gasteiger partial charge in [-0.2, -0.15) is 0 Å². The number of phenolic OH excluding ortho intramolecular Hbond substituents is 3. The molecule has 10 nitrogen and oxygen atoms in total. The van der Waals surface area contributed by atoms with Gasteiger partial charge < -0.3 is 44.8 Å². The Morgan fingerprint density at radius 1 is 0.935 bits per heavy atom. The van der Waals surface area contributed by atoms with Crippen molar-refractivity contribution in [3.05, 3.63) is 36.4 Å². The van der Waals surface area contributed by atoms with Gasteiger partial charge in [-0.25, -0.2) is 4.42 Å². The van der Waals surface area contributed by atoms with Crippen LogP contribution in [0.4, 0.5) is 0 Å². The molecule has 31 heavy (non-hydrogen) atoms. The van der Waals surface area contributed by atoms with E-state index >= 15 is 0 Å². The number of fused-ring (bicyclic) bond motifs is 1. The van der Waals surface area contributed by atoms with Crippen LogP contribution in [0.3, 0.4) is 0 Å². The number of hydrogen-bond donors (Lipinski definition) is 6. The van der Waals surface area contributed by atoms with Crippen molar-refractivity contribution in [1.29, 1.82) is 0 Å². The fraction of sp³-hybridized carbons (Fsp3) is 0.286. The second-order valence-electron chi connectivity index (χ2n) is 7.07. The van der Waals surface area contributed by atoms with Crippen molar-refractivity contribution >= 4 is 11.0 Å². The molecule has 1 aliphatic heterocycles. The molecule has 1 fully saturated rings. The van der Waals surface area contributed by atoms with E-state index in [1.807, 2.05) is 0 Å². The molecule has 4 rings (SSSR count). The summed E-state index contributed by atoms with van der Waals surface area (Å²) in [5.41, 5.74) is 0.535. The SMILES string of the molecule is COc1cc(-c2[o+]c3cc(O)cc(O)c3cc2O[C@@H]2OC[C@H](O)[C@@H](O)C2O)ccc1O. The van der Waals surface area contributed by atoms with E-state index in [9.17, 15) is 30.6 Å². The van der Waals surface area contributed by atoms with Gasteiger partial charge in [0.05, 0.1) is 25.3 Å². The van der Waals surface area contributed by atoms with E-state index in [2.05, 4.69) is 0 Å². The summed E-state index contributed by atoms with van der Waals surface area (Å²) in [4.78, 5) is 0. The summed E-state index contributed by atoms with van der Waals surface area (Å²) in [5.74, 6) is -0.321. The molecule has 3 aromatic rings. The van der Waals surface area contributed by atoms with Crippen molar-refractivity contribution in [2.24, 2.45) is 0 Å². The van der Waals surface area contributed by atoms with E-state index in [1.165, 1.54) is 37.4 Å². The molecular weight excluding hydrogens is 412 g/mol. The van der Waals surface area contributed by atoms with Gasteiger partial charge in [-0.05, 0) is 12.1 Å². The summed E-state index contributed by atoms with van der Waals surface area (Å²) >= 11 is 0. The largest absolute Gasteiger partial charge is 0.507 e. The third-order valence-electron chi connectivity index (χ3n) is 4.96. The highest BCUT2D eigenvalue weighted by atomic mass is 16.7. The van der Waals surface area contributed by atoms with Crippen LogP contribution in [0.25, 0.3) is 22.3 Å². The first-order valence-electron chi connectivity index (χ1n) is 9.31. The van der Waals surface area contributed by atoms with Crippen LogP contribution in [0.1, 0.15) is 0 Å². The minimum absolute atomic E-state index is 0.0221. The van der Waals surface area contributed by atoms with Gasteiger partial charge in [0.15, 0.2) is 11.5 Å². The molecule has 1 unspecified atom stereocenters. The van der Waals surface area contributed by atoms with Gasteiger partial charge in [0.25, 0.3) is 0 Å². The summed E-state index contributed by atoms with van der Waals surface area (Å²) in [5, 5.41) is 59.9. The minimum atomic E-state index is -1.56. The maximum Gasteiger partial charge on any atom is 0.402 e. The number of ether oxygens (including phenoxy) is 3. The van der Waals surface area contributed by atoms with Crippen molar-refractivity contribution < 1.29 is 49.3 Å². The van der Waals surface area contributed by atoms with Crippen LogP contribution in [0, 0.1) is 0 Å². The van der Waals surface area contributed by atoms with Gasteiger partial charge in [-0.15, -0.1) is 0 Å². The van der Waals surface area contributed by atoms with Crippen molar-refractivity contribution in [3.63, 3.8) is 0 Å². The molecule has 2 aromatic carbocycles. The zero-order valence-electron chi connectivity index (χ0n) is 16.3. The first-order valence-corrected chi connectivity index (χ1v) is 9.31. The van der Waals surface area contributed by atoms with E-state index in [-0.39, 0.29) is 52.1 Å². The fourth-order valence-corrected chi connectivity index (χ4v) is 3.30. The third kappa shape index (κ3) is 3.89. The zero-order valence-corrected chi connectivity index (χ0v) is 16.3. The third-order valence-corrected chi connectivity index (χ3v) is 4.96. The fourth-order valence-electron chi connectivity index (χ4n) is 3.30. The minimum Gasteiger partial charge on any atom is -0.507 e. The predicted octanol–water partition coefficient (Wildman–Crippen LogP) is 1.32. The molecule has 0 spiro atoms. The van der Waals surface area contributed by atoms with Gasteiger partial charge in [0, 0.05) is 18.2 Å². The molecule has 10 heteroatoms. The van der Waals surface area contributed by atoms with E-state index in [0.29, 0.717) is 5.56 Å².